The Bertz CT molecular complexity index is 758. The van der Waals surface area contributed by atoms with E-state index in [2.05, 4.69) is 5.14 Å². The van der Waals surface area contributed by atoms with Gasteiger partial charge in [-0.2, -0.15) is 65.9 Å². The summed E-state index contributed by atoms with van der Waals surface area (Å²) < 4.78 is 228. The number of aliphatic hydroxyl groups excluding tert-OH is 1. The van der Waals surface area contributed by atoms with E-state index in [1.54, 1.807) is 0 Å². The fourth-order valence-corrected chi connectivity index (χ4v) is 2.26. The number of halogens is 16. The van der Waals surface area contributed by atoms with Crippen LogP contribution in [0, 0.1) is 0 Å². The zero-order valence-electron chi connectivity index (χ0n) is 13.0. The molecule has 0 aromatic carbocycles. The van der Waals surface area contributed by atoms with E-state index in [0.717, 1.165) is 0 Å². The molecular weight excluding hydrogens is 506 g/mol. The average Bonchev–Trinajstić information content (AvgIpc) is 2.50. The van der Waals surface area contributed by atoms with Crippen LogP contribution in [-0.4, -0.2) is 66.8 Å². The molecule has 4 nitrogen and oxygen atoms in total. The fourth-order valence-electron chi connectivity index (χ4n) is 1.62. The number of aliphatic hydroxyl groups is 1. The van der Waals surface area contributed by atoms with Crippen LogP contribution >= 0.6 is 0 Å². The Hall–Kier alpha value is -1.25. The monoisotopic (exact) mass is 511 g/mol. The molecule has 0 aromatic rings. The lowest BCUT2D eigenvalue weighted by Gasteiger charge is -2.44. The van der Waals surface area contributed by atoms with E-state index in [4.69, 9.17) is 5.11 Å². The van der Waals surface area contributed by atoms with Gasteiger partial charge in [-0.15, -0.1) is 0 Å². The van der Waals surface area contributed by atoms with Crippen molar-refractivity contribution in [3.8, 4) is 0 Å². The highest BCUT2D eigenvalue weighted by Gasteiger charge is 2.95. The van der Waals surface area contributed by atoms with Crippen molar-refractivity contribution in [3.63, 3.8) is 0 Å². The van der Waals surface area contributed by atoms with Gasteiger partial charge in [-0.05, 0) is 0 Å². The van der Waals surface area contributed by atoms with Crippen molar-refractivity contribution in [2.24, 2.45) is 5.14 Å². The molecule has 0 rings (SSSR count). The van der Waals surface area contributed by atoms with Crippen molar-refractivity contribution < 1.29 is 83.8 Å². The largest absolute Gasteiger partial charge is 0.460 e. The minimum Gasteiger partial charge on any atom is -0.392 e. The zero-order valence-corrected chi connectivity index (χ0v) is 13.8. The zero-order chi connectivity index (χ0) is 25.2. The van der Waals surface area contributed by atoms with Gasteiger partial charge in [0, 0.05) is 0 Å². The Morgan fingerprint density at radius 1 is 0.567 bits per heavy atom. The highest BCUT2D eigenvalue weighted by Crippen LogP contribution is 2.63. The van der Waals surface area contributed by atoms with Crippen LogP contribution < -0.4 is 5.14 Å². The fraction of sp³-hybridized carbons (Fsp3) is 1.00. The van der Waals surface area contributed by atoms with E-state index in [1.807, 2.05) is 0 Å². The van der Waals surface area contributed by atoms with Crippen molar-refractivity contribution >= 4 is 10.0 Å². The average molecular weight is 511 g/mol. The molecular formula is C9H5F16NO3S. The molecule has 0 radical (unpaired) electrons. The smallest absolute Gasteiger partial charge is 0.392 e. The second kappa shape index (κ2) is 6.87. The van der Waals surface area contributed by atoms with E-state index in [-0.39, 0.29) is 0 Å². The first-order chi connectivity index (χ1) is 12.6. The molecule has 3 N–H and O–H groups in total. The SMILES string of the molecule is NS(=O)(=O)C(F)(F)C(F)(CO)C(F)(F)C(F)(F)C(F)(F)C(F)(F)C(F)(F)C(F)(F)F. The van der Waals surface area contributed by atoms with Gasteiger partial charge in [0.15, 0.2) is 0 Å². The highest BCUT2D eigenvalue weighted by atomic mass is 32.2. The van der Waals surface area contributed by atoms with E-state index in [9.17, 15) is 78.7 Å². The summed E-state index contributed by atoms with van der Waals surface area (Å²) in [5, 5.41) is 4.52. The van der Waals surface area contributed by atoms with Crippen LogP contribution in [-0.2, 0) is 10.0 Å². The molecule has 21 heteroatoms. The standard InChI is InChI=1S/C9H5F16NO3S/c10-2(1-27,9(24,25)30(26,28)29)3(11,12)4(13,14)5(15,16)6(17,18)7(19,20)8(21,22)23/h27H,1H2,(H2,26,28,29). The number of rotatable bonds is 8. The van der Waals surface area contributed by atoms with Gasteiger partial charge in [-0.3, -0.25) is 0 Å². The summed E-state index contributed by atoms with van der Waals surface area (Å²) in [5.74, 6) is -42.4. The lowest BCUT2D eigenvalue weighted by molar-refractivity contribution is -0.451. The number of hydrogen-bond donors (Lipinski definition) is 2. The summed E-state index contributed by atoms with van der Waals surface area (Å²) in [5.41, 5.74) is -7.23. The molecule has 0 aliphatic rings. The van der Waals surface area contributed by atoms with Crippen molar-refractivity contribution in [3.05, 3.63) is 0 Å². The Balaban J connectivity index is 7.06. The van der Waals surface area contributed by atoms with Gasteiger partial charge < -0.3 is 5.11 Å². The third-order valence-corrected chi connectivity index (χ3v) is 4.51. The Morgan fingerprint density at radius 2 is 0.833 bits per heavy atom. The minimum absolute atomic E-state index is 3.52. The first-order valence-corrected chi connectivity index (χ1v) is 7.76. The van der Waals surface area contributed by atoms with Crippen LogP contribution in [0.15, 0.2) is 0 Å². The van der Waals surface area contributed by atoms with E-state index < -0.39 is 63.3 Å². The molecule has 0 fully saturated rings. The molecule has 1 unspecified atom stereocenters. The van der Waals surface area contributed by atoms with Gasteiger partial charge >= 0.3 is 41.0 Å². The maximum atomic E-state index is 13.8. The summed E-state index contributed by atoms with van der Waals surface area (Å²) in [7, 11) is -7.19. The third kappa shape index (κ3) is 3.26. The van der Waals surface area contributed by atoms with Gasteiger partial charge in [0.2, 0.25) is 0 Å². The van der Waals surface area contributed by atoms with E-state index in [0.29, 0.717) is 0 Å². The Kier molecular flexibility index (Phi) is 6.59. The van der Waals surface area contributed by atoms with Crippen LogP contribution in [0.3, 0.4) is 0 Å². The van der Waals surface area contributed by atoms with Crippen molar-refractivity contribution in [2.75, 3.05) is 6.61 Å². The molecule has 0 saturated heterocycles. The minimum atomic E-state index is -8.69. The molecule has 0 aliphatic carbocycles. The van der Waals surface area contributed by atoms with Crippen molar-refractivity contribution in [1.29, 1.82) is 0 Å². The Morgan fingerprint density at radius 3 is 1.07 bits per heavy atom. The lowest BCUT2D eigenvalue weighted by atomic mass is 9.85. The summed E-state index contributed by atoms with van der Waals surface area (Å²) >= 11 is 0. The van der Waals surface area contributed by atoms with E-state index in [1.165, 1.54) is 0 Å². The highest BCUT2D eigenvalue weighted by molar-refractivity contribution is 7.90. The second-order valence-corrected chi connectivity index (χ2v) is 6.99. The van der Waals surface area contributed by atoms with Gasteiger partial charge in [-0.25, -0.2) is 17.9 Å². The molecule has 1 atom stereocenters. The summed E-state index contributed by atoms with van der Waals surface area (Å²) in [6, 6.07) is 0. The summed E-state index contributed by atoms with van der Waals surface area (Å²) in [6.07, 6.45) is -7.82. The topological polar surface area (TPSA) is 80.4 Å². The number of hydrogen-bond acceptors (Lipinski definition) is 3. The molecule has 182 valence electrons. The molecule has 0 aliphatic heterocycles. The molecule has 0 saturated carbocycles. The van der Waals surface area contributed by atoms with Crippen molar-refractivity contribution in [1.82, 2.24) is 0 Å². The molecule has 0 bridgehead atoms. The maximum absolute atomic E-state index is 13.8. The molecule has 0 amide bonds. The van der Waals surface area contributed by atoms with E-state index >= 15 is 0 Å². The van der Waals surface area contributed by atoms with Crippen LogP contribution in [0.2, 0.25) is 0 Å². The molecule has 30 heavy (non-hydrogen) atoms. The summed E-state index contributed by atoms with van der Waals surface area (Å²) in [6.45, 7) is -3.91. The molecule has 0 spiro atoms. The maximum Gasteiger partial charge on any atom is 0.460 e. The molecule has 0 aromatic heterocycles. The predicted octanol–water partition coefficient (Wildman–Crippen LogP) is 3.31. The van der Waals surface area contributed by atoms with Gasteiger partial charge in [-0.1, -0.05) is 0 Å². The van der Waals surface area contributed by atoms with Crippen LogP contribution in [0.1, 0.15) is 0 Å². The Labute approximate surface area is 153 Å². The van der Waals surface area contributed by atoms with Crippen LogP contribution in [0.5, 0.6) is 0 Å². The molecule has 0 heterocycles. The number of sulfonamides is 1. The number of primary sulfonamides is 1. The normalized spacial score (nSPS) is 18.3. The van der Waals surface area contributed by atoms with Gasteiger partial charge in [0.1, 0.15) is 0 Å². The predicted molar refractivity (Wildman–Crippen MR) is 59.8 cm³/mol. The quantitative estimate of drug-likeness (QED) is 0.491. The number of nitrogens with two attached hydrogens (primary N) is 1. The van der Waals surface area contributed by atoms with Crippen molar-refractivity contribution in [2.45, 2.75) is 46.7 Å². The lowest BCUT2D eigenvalue weighted by Crippen LogP contribution is -2.77. The number of alkyl halides is 16. The third-order valence-electron chi connectivity index (χ3n) is 3.47. The van der Waals surface area contributed by atoms with Gasteiger partial charge in [0.05, 0.1) is 6.61 Å². The first-order valence-electron chi connectivity index (χ1n) is 6.22. The van der Waals surface area contributed by atoms with Crippen LogP contribution in [0.4, 0.5) is 70.2 Å². The first kappa shape index (κ1) is 28.8. The summed E-state index contributed by atoms with van der Waals surface area (Å²) in [4.78, 5) is 0. The van der Waals surface area contributed by atoms with Crippen LogP contribution in [0.25, 0.3) is 0 Å². The second-order valence-electron chi connectivity index (χ2n) is 5.39. The van der Waals surface area contributed by atoms with Gasteiger partial charge in [0.25, 0.3) is 15.7 Å².